The Morgan fingerprint density at radius 2 is 1.86 bits per heavy atom. The smallest absolute Gasteiger partial charge is 0.311 e. The highest BCUT2D eigenvalue weighted by atomic mass is 16.6. The second-order valence-electron chi connectivity index (χ2n) is 4.60. The Labute approximate surface area is 122 Å². The Hall–Kier alpha value is -2.69. The van der Waals surface area contributed by atoms with Gasteiger partial charge in [0.15, 0.2) is 5.78 Å². The molecule has 0 amide bonds. The highest BCUT2D eigenvalue weighted by Gasteiger charge is 2.16. The molecule has 2 aromatic rings. The predicted molar refractivity (Wildman–Crippen MR) is 79.0 cm³/mol. The lowest BCUT2D eigenvalue weighted by molar-refractivity contribution is -0.385. The Morgan fingerprint density at radius 3 is 2.38 bits per heavy atom. The van der Waals surface area contributed by atoms with Gasteiger partial charge in [-0.15, -0.1) is 0 Å². The third-order valence-corrected chi connectivity index (χ3v) is 3.12. The van der Waals surface area contributed by atoms with Gasteiger partial charge in [0.2, 0.25) is 5.75 Å². The molecule has 0 unspecified atom stereocenters. The number of ether oxygens (including phenoxy) is 1. The van der Waals surface area contributed by atoms with Crippen molar-refractivity contribution in [3.8, 4) is 11.5 Å². The first-order chi connectivity index (χ1) is 10.0. The maximum Gasteiger partial charge on any atom is 0.311 e. The molecule has 0 bridgehead atoms. The van der Waals surface area contributed by atoms with E-state index in [1.807, 2.05) is 6.92 Å². The molecule has 0 N–H and O–H groups in total. The van der Waals surface area contributed by atoms with Gasteiger partial charge >= 0.3 is 5.69 Å². The summed E-state index contributed by atoms with van der Waals surface area (Å²) in [5.41, 5.74) is 1.38. The van der Waals surface area contributed by atoms with Crippen molar-refractivity contribution >= 4 is 11.5 Å². The molecule has 0 heterocycles. The predicted octanol–water partition coefficient (Wildman–Crippen LogP) is 4.15. The number of hydrogen-bond acceptors (Lipinski definition) is 4. The van der Waals surface area contributed by atoms with Crippen molar-refractivity contribution in [1.29, 1.82) is 0 Å². The van der Waals surface area contributed by atoms with Crippen LogP contribution < -0.4 is 4.74 Å². The van der Waals surface area contributed by atoms with Gasteiger partial charge in [-0.3, -0.25) is 14.9 Å². The molecule has 2 aromatic carbocycles. The summed E-state index contributed by atoms with van der Waals surface area (Å²) in [5.74, 6) is 0.597. The van der Waals surface area contributed by atoms with Crippen LogP contribution in [0.1, 0.15) is 29.8 Å². The fourth-order valence-electron chi connectivity index (χ4n) is 1.90. The van der Waals surface area contributed by atoms with E-state index < -0.39 is 4.92 Å². The number of carbonyl (C=O) groups is 1. The van der Waals surface area contributed by atoms with Crippen LogP contribution in [0.2, 0.25) is 0 Å². The summed E-state index contributed by atoms with van der Waals surface area (Å²) >= 11 is 0. The third kappa shape index (κ3) is 3.45. The van der Waals surface area contributed by atoms with E-state index in [1.165, 1.54) is 13.0 Å². The molecule has 21 heavy (non-hydrogen) atoms. The topological polar surface area (TPSA) is 69.4 Å². The van der Waals surface area contributed by atoms with Crippen LogP contribution in [-0.4, -0.2) is 10.7 Å². The van der Waals surface area contributed by atoms with Crippen LogP contribution in [0.15, 0.2) is 42.5 Å². The Balaban J connectivity index is 2.30. The molecule has 0 aliphatic carbocycles. The minimum absolute atomic E-state index is 0.0418. The minimum Gasteiger partial charge on any atom is -0.450 e. The molecule has 108 valence electrons. The average molecular weight is 285 g/mol. The number of benzene rings is 2. The number of nitro groups is 1. The monoisotopic (exact) mass is 285 g/mol. The standard InChI is InChI=1S/C16H15NO4/c1-3-12-4-9-16(15(10-12)17(19)20)21-14-7-5-13(6-8-14)11(2)18/h4-10H,3H2,1-2H3. The summed E-state index contributed by atoms with van der Waals surface area (Å²) in [5, 5.41) is 11.1. The van der Waals surface area contributed by atoms with Gasteiger partial charge in [-0.25, -0.2) is 0 Å². The van der Waals surface area contributed by atoms with Gasteiger partial charge in [0.25, 0.3) is 0 Å². The molecule has 0 radical (unpaired) electrons. The van der Waals surface area contributed by atoms with Gasteiger partial charge in [0.1, 0.15) is 5.75 Å². The maximum absolute atomic E-state index is 11.2. The molecule has 5 heteroatoms. The molecule has 0 fully saturated rings. The summed E-state index contributed by atoms with van der Waals surface area (Å²) in [7, 11) is 0. The normalized spacial score (nSPS) is 10.2. The maximum atomic E-state index is 11.2. The lowest BCUT2D eigenvalue weighted by Crippen LogP contribution is -1.96. The number of carbonyl (C=O) groups excluding carboxylic acids is 1. The second kappa shape index (κ2) is 6.17. The summed E-state index contributed by atoms with van der Waals surface area (Å²) in [6.07, 6.45) is 0.717. The molecule has 0 atom stereocenters. The van der Waals surface area contributed by atoms with E-state index in [4.69, 9.17) is 4.74 Å². The molecular weight excluding hydrogens is 270 g/mol. The molecule has 0 aliphatic heterocycles. The zero-order valence-electron chi connectivity index (χ0n) is 11.8. The Bertz CT molecular complexity index is 677. The van der Waals surface area contributed by atoms with Crippen LogP contribution in [-0.2, 0) is 6.42 Å². The van der Waals surface area contributed by atoms with Crippen molar-refractivity contribution < 1.29 is 14.5 Å². The lowest BCUT2D eigenvalue weighted by atomic mass is 10.1. The van der Waals surface area contributed by atoms with Crippen molar-refractivity contribution in [3.05, 3.63) is 63.7 Å². The largest absolute Gasteiger partial charge is 0.450 e. The number of nitrogens with zero attached hydrogens (tertiary/aromatic N) is 1. The van der Waals surface area contributed by atoms with Crippen LogP contribution in [0, 0.1) is 10.1 Å². The summed E-state index contributed by atoms with van der Waals surface area (Å²) in [6.45, 7) is 3.41. The van der Waals surface area contributed by atoms with Gasteiger partial charge in [-0.1, -0.05) is 13.0 Å². The number of aryl methyl sites for hydroxylation is 1. The first kappa shape index (κ1) is 14.7. The molecule has 0 saturated carbocycles. The Kier molecular flexibility index (Phi) is 4.33. The fraction of sp³-hybridized carbons (Fsp3) is 0.188. The SMILES string of the molecule is CCc1ccc(Oc2ccc(C(C)=O)cc2)c([N+](=O)[O-])c1. The highest BCUT2D eigenvalue weighted by Crippen LogP contribution is 2.32. The fourth-order valence-corrected chi connectivity index (χ4v) is 1.90. The van der Waals surface area contributed by atoms with Gasteiger partial charge in [0.05, 0.1) is 4.92 Å². The van der Waals surface area contributed by atoms with Gasteiger partial charge in [0, 0.05) is 11.6 Å². The average Bonchev–Trinajstić information content (AvgIpc) is 2.48. The first-order valence-electron chi connectivity index (χ1n) is 6.57. The Morgan fingerprint density at radius 1 is 1.19 bits per heavy atom. The van der Waals surface area contributed by atoms with Crippen molar-refractivity contribution in [2.75, 3.05) is 0 Å². The second-order valence-corrected chi connectivity index (χ2v) is 4.60. The molecule has 0 aliphatic rings. The third-order valence-electron chi connectivity index (χ3n) is 3.12. The van der Waals surface area contributed by atoms with E-state index in [0.717, 1.165) is 5.56 Å². The zero-order chi connectivity index (χ0) is 15.4. The van der Waals surface area contributed by atoms with Gasteiger partial charge in [-0.2, -0.15) is 0 Å². The van der Waals surface area contributed by atoms with E-state index in [1.54, 1.807) is 36.4 Å². The van der Waals surface area contributed by atoms with Crippen LogP contribution in [0.5, 0.6) is 11.5 Å². The molecular formula is C16H15NO4. The highest BCUT2D eigenvalue weighted by molar-refractivity contribution is 5.94. The number of rotatable bonds is 5. The molecule has 0 spiro atoms. The van der Waals surface area contributed by atoms with E-state index in [9.17, 15) is 14.9 Å². The first-order valence-corrected chi connectivity index (χ1v) is 6.57. The molecule has 0 saturated heterocycles. The zero-order valence-corrected chi connectivity index (χ0v) is 11.8. The number of ketones is 1. The minimum atomic E-state index is -0.460. The summed E-state index contributed by atoms with van der Waals surface area (Å²) in [4.78, 5) is 21.8. The summed E-state index contributed by atoms with van der Waals surface area (Å²) < 4.78 is 5.55. The van der Waals surface area contributed by atoms with Crippen LogP contribution in [0.4, 0.5) is 5.69 Å². The van der Waals surface area contributed by atoms with E-state index >= 15 is 0 Å². The molecule has 0 aromatic heterocycles. The van der Waals surface area contributed by atoms with Gasteiger partial charge < -0.3 is 4.74 Å². The van der Waals surface area contributed by atoms with E-state index in [0.29, 0.717) is 17.7 Å². The van der Waals surface area contributed by atoms with Crippen molar-refractivity contribution in [3.63, 3.8) is 0 Å². The number of nitro benzene ring substituents is 1. The van der Waals surface area contributed by atoms with Crippen molar-refractivity contribution in [2.45, 2.75) is 20.3 Å². The quantitative estimate of drug-likeness (QED) is 0.470. The van der Waals surface area contributed by atoms with Crippen LogP contribution >= 0.6 is 0 Å². The number of hydrogen-bond donors (Lipinski definition) is 0. The summed E-state index contributed by atoms with van der Waals surface area (Å²) in [6, 6.07) is 11.4. The van der Waals surface area contributed by atoms with Crippen molar-refractivity contribution in [2.24, 2.45) is 0 Å². The van der Waals surface area contributed by atoms with E-state index in [-0.39, 0.29) is 17.2 Å². The van der Waals surface area contributed by atoms with Gasteiger partial charge in [-0.05, 0) is 49.2 Å². The van der Waals surface area contributed by atoms with Crippen LogP contribution in [0.3, 0.4) is 0 Å². The van der Waals surface area contributed by atoms with Crippen molar-refractivity contribution in [1.82, 2.24) is 0 Å². The number of Topliss-reactive ketones (excluding diaryl/α,β-unsaturated/α-hetero) is 1. The molecule has 5 nitrogen and oxygen atoms in total. The van der Waals surface area contributed by atoms with Crippen LogP contribution in [0.25, 0.3) is 0 Å². The lowest BCUT2D eigenvalue weighted by Gasteiger charge is -2.08. The molecule has 2 rings (SSSR count). The van der Waals surface area contributed by atoms with E-state index in [2.05, 4.69) is 0 Å².